The predicted octanol–water partition coefficient (Wildman–Crippen LogP) is 3.41. The molecule has 0 spiro atoms. The van der Waals surface area contributed by atoms with Gasteiger partial charge in [-0.15, -0.1) is 0 Å². The van der Waals surface area contributed by atoms with Gasteiger partial charge >= 0.3 is 0 Å². The van der Waals surface area contributed by atoms with Crippen LogP contribution in [0, 0.1) is 0 Å². The Morgan fingerprint density at radius 2 is 1.83 bits per heavy atom. The first kappa shape index (κ1) is 11.6. The van der Waals surface area contributed by atoms with E-state index < -0.39 is 0 Å². The fourth-order valence-corrected chi connectivity index (χ4v) is 2.40. The maximum atomic E-state index is 5.94. The number of hydrogen-bond donors (Lipinski definition) is 1. The summed E-state index contributed by atoms with van der Waals surface area (Å²) >= 11 is 5.94. The maximum absolute atomic E-state index is 5.94. The molecule has 2 aromatic carbocycles. The number of fused-ring (bicyclic) bond motifs is 1. The van der Waals surface area contributed by atoms with Crippen LogP contribution >= 0.6 is 11.6 Å². The number of nitrogens with one attached hydrogen (secondary N) is 1. The van der Waals surface area contributed by atoms with Crippen LogP contribution < -0.4 is 10.1 Å². The Balaban J connectivity index is 2.03. The molecule has 0 radical (unpaired) electrons. The summed E-state index contributed by atoms with van der Waals surface area (Å²) in [4.78, 5) is 0. The summed E-state index contributed by atoms with van der Waals surface area (Å²) < 4.78 is 5.74. The van der Waals surface area contributed by atoms with Crippen molar-refractivity contribution in [1.29, 1.82) is 0 Å². The molecule has 1 aliphatic heterocycles. The van der Waals surface area contributed by atoms with Crippen molar-refractivity contribution in [1.82, 2.24) is 5.32 Å². The van der Waals surface area contributed by atoms with Gasteiger partial charge in [0.2, 0.25) is 0 Å². The third kappa shape index (κ3) is 2.22. The first-order chi connectivity index (χ1) is 8.84. The second-order valence-electron chi connectivity index (χ2n) is 4.32. The molecule has 3 rings (SSSR count). The van der Waals surface area contributed by atoms with Gasteiger partial charge in [0.15, 0.2) is 0 Å². The molecule has 0 saturated heterocycles. The van der Waals surface area contributed by atoms with Gasteiger partial charge in [-0.3, -0.25) is 0 Å². The van der Waals surface area contributed by atoms with E-state index in [4.69, 9.17) is 16.3 Å². The van der Waals surface area contributed by atoms with E-state index in [1.165, 1.54) is 11.1 Å². The van der Waals surface area contributed by atoms with E-state index >= 15 is 0 Å². The normalized spacial score (nSPS) is 18.6. The fourth-order valence-electron chi connectivity index (χ4n) is 2.28. The zero-order valence-electron chi connectivity index (χ0n) is 9.90. The van der Waals surface area contributed by atoms with Gasteiger partial charge in [0.1, 0.15) is 12.4 Å². The van der Waals surface area contributed by atoms with E-state index in [1.807, 2.05) is 30.3 Å². The lowest BCUT2D eigenvalue weighted by atomic mass is 9.98. The average molecular weight is 260 g/mol. The van der Waals surface area contributed by atoms with Crippen LogP contribution in [-0.4, -0.2) is 13.2 Å². The van der Waals surface area contributed by atoms with Crippen molar-refractivity contribution in [2.24, 2.45) is 0 Å². The van der Waals surface area contributed by atoms with Gasteiger partial charge in [-0.2, -0.15) is 0 Å². The van der Waals surface area contributed by atoms with Gasteiger partial charge < -0.3 is 10.1 Å². The van der Waals surface area contributed by atoms with Crippen molar-refractivity contribution in [2.45, 2.75) is 6.04 Å². The van der Waals surface area contributed by atoms with Crippen LogP contribution in [0.4, 0.5) is 0 Å². The minimum atomic E-state index is 0.168. The number of benzene rings is 2. The molecule has 1 aliphatic rings. The highest BCUT2D eigenvalue weighted by Crippen LogP contribution is 2.31. The molecule has 0 aromatic heterocycles. The molecular weight excluding hydrogens is 246 g/mol. The molecule has 1 atom stereocenters. The Morgan fingerprint density at radius 1 is 1.06 bits per heavy atom. The molecule has 0 saturated carbocycles. The Labute approximate surface area is 112 Å². The van der Waals surface area contributed by atoms with E-state index in [2.05, 4.69) is 23.5 Å². The molecule has 0 fully saturated rings. The highest BCUT2D eigenvalue weighted by atomic mass is 35.5. The summed E-state index contributed by atoms with van der Waals surface area (Å²) in [5, 5.41) is 4.27. The SMILES string of the molecule is Clc1ccc([C@H]2NCCOc3ccccc32)cc1. The summed E-state index contributed by atoms with van der Waals surface area (Å²) in [7, 11) is 0. The summed E-state index contributed by atoms with van der Waals surface area (Å²) in [5.74, 6) is 0.961. The largest absolute Gasteiger partial charge is 0.492 e. The van der Waals surface area contributed by atoms with Crippen LogP contribution in [0.3, 0.4) is 0 Å². The molecule has 2 aromatic rings. The molecule has 3 heteroatoms. The Hall–Kier alpha value is -1.51. The van der Waals surface area contributed by atoms with E-state index in [0.717, 1.165) is 17.3 Å². The van der Waals surface area contributed by atoms with Gasteiger partial charge in [-0.1, -0.05) is 41.9 Å². The van der Waals surface area contributed by atoms with Gasteiger partial charge in [0.25, 0.3) is 0 Å². The monoisotopic (exact) mass is 259 g/mol. The lowest BCUT2D eigenvalue weighted by Crippen LogP contribution is -2.23. The van der Waals surface area contributed by atoms with Crippen LogP contribution in [0.2, 0.25) is 5.02 Å². The summed E-state index contributed by atoms with van der Waals surface area (Å²) in [6, 6.07) is 16.3. The zero-order chi connectivity index (χ0) is 12.4. The molecule has 1 heterocycles. The number of ether oxygens (including phenoxy) is 1. The highest BCUT2D eigenvalue weighted by Gasteiger charge is 2.20. The smallest absolute Gasteiger partial charge is 0.124 e. The summed E-state index contributed by atoms with van der Waals surface area (Å²) in [6.07, 6.45) is 0. The minimum Gasteiger partial charge on any atom is -0.492 e. The third-order valence-corrected chi connectivity index (χ3v) is 3.39. The number of para-hydroxylation sites is 1. The third-order valence-electron chi connectivity index (χ3n) is 3.14. The Morgan fingerprint density at radius 3 is 2.67 bits per heavy atom. The van der Waals surface area contributed by atoms with Gasteiger partial charge in [-0.25, -0.2) is 0 Å². The highest BCUT2D eigenvalue weighted by molar-refractivity contribution is 6.30. The molecule has 0 amide bonds. The lowest BCUT2D eigenvalue weighted by Gasteiger charge is -2.18. The Bertz CT molecular complexity index is 538. The van der Waals surface area contributed by atoms with E-state index in [9.17, 15) is 0 Å². The molecule has 0 unspecified atom stereocenters. The first-order valence-electron chi connectivity index (χ1n) is 6.05. The van der Waals surface area contributed by atoms with Crippen molar-refractivity contribution in [3.63, 3.8) is 0 Å². The van der Waals surface area contributed by atoms with Crippen LogP contribution in [-0.2, 0) is 0 Å². The second-order valence-corrected chi connectivity index (χ2v) is 4.76. The van der Waals surface area contributed by atoms with Crippen molar-refractivity contribution in [3.8, 4) is 5.75 Å². The van der Waals surface area contributed by atoms with E-state index in [1.54, 1.807) is 0 Å². The lowest BCUT2D eigenvalue weighted by molar-refractivity contribution is 0.325. The summed E-state index contributed by atoms with van der Waals surface area (Å²) in [6.45, 7) is 1.53. The first-order valence-corrected chi connectivity index (χ1v) is 6.43. The summed E-state index contributed by atoms with van der Waals surface area (Å²) in [5.41, 5.74) is 2.38. The molecule has 2 nitrogen and oxygen atoms in total. The van der Waals surface area contributed by atoms with Crippen molar-refractivity contribution in [3.05, 3.63) is 64.7 Å². The number of rotatable bonds is 1. The molecule has 0 aliphatic carbocycles. The van der Waals surface area contributed by atoms with Crippen molar-refractivity contribution in [2.75, 3.05) is 13.2 Å². The van der Waals surface area contributed by atoms with Crippen LogP contribution in [0.15, 0.2) is 48.5 Å². The van der Waals surface area contributed by atoms with Crippen LogP contribution in [0.25, 0.3) is 0 Å². The molecule has 18 heavy (non-hydrogen) atoms. The molecule has 92 valence electrons. The van der Waals surface area contributed by atoms with Gasteiger partial charge in [0, 0.05) is 17.1 Å². The zero-order valence-corrected chi connectivity index (χ0v) is 10.7. The van der Waals surface area contributed by atoms with Crippen molar-refractivity contribution < 1.29 is 4.74 Å². The number of hydrogen-bond acceptors (Lipinski definition) is 2. The van der Waals surface area contributed by atoms with Gasteiger partial charge in [-0.05, 0) is 23.8 Å². The second kappa shape index (κ2) is 5.01. The van der Waals surface area contributed by atoms with E-state index in [-0.39, 0.29) is 6.04 Å². The fraction of sp³-hybridized carbons (Fsp3) is 0.200. The molecule has 1 N–H and O–H groups in total. The topological polar surface area (TPSA) is 21.3 Å². The molecule has 0 bridgehead atoms. The maximum Gasteiger partial charge on any atom is 0.124 e. The minimum absolute atomic E-state index is 0.168. The van der Waals surface area contributed by atoms with Crippen LogP contribution in [0.5, 0.6) is 5.75 Å². The number of halogens is 1. The average Bonchev–Trinajstić information content (AvgIpc) is 2.62. The van der Waals surface area contributed by atoms with Crippen LogP contribution in [0.1, 0.15) is 17.2 Å². The quantitative estimate of drug-likeness (QED) is 0.847. The Kier molecular flexibility index (Phi) is 3.22. The predicted molar refractivity (Wildman–Crippen MR) is 73.2 cm³/mol. The molecular formula is C15H14ClNO. The van der Waals surface area contributed by atoms with Gasteiger partial charge in [0.05, 0.1) is 6.04 Å². The standard InChI is InChI=1S/C15H14ClNO/c16-12-7-5-11(6-8-12)15-13-3-1-2-4-14(13)18-10-9-17-15/h1-8,15,17H,9-10H2/t15-/m1/s1. The van der Waals surface area contributed by atoms with E-state index in [0.29, 0.717) is 6.61 Å². The van der Waals surface area contributed by atoms with Crippen molar-refractivity contribution >= 4 is 11.6 Å².